The molecule has 10 heteroatoms. The number of aromatic nitrogens is 2. The summed E-state index contributed by atoms with van der Waals surface area (Å²) in [5, 5.41) is 15.2. The maximum absolute atomic E-state index is 14.2. The number of nitrogens with one attached hydrogen (secondary N) is 2. The number of nitriles is 1. The van der Waals surface area contributed by atoms with Gasteiger partial charge in [-0.15, -0.1) is 0 Å². The minimum absolute atomic E-state index is 0.0244. The predicted octanol–water partition coefficient (Wildman–Crippen LogP) is 4.89. The van der Waals surface area contributed by atoms with Crippen LogP contribution in [0.3, 0.4) is 0 Å². The first-order valence-corrected chi connectivity index (χ1v) is 10.9. The lowest BCUT2D eigenvalue weighted by Crippen LogP contribution is -2.37. The monoisotopic (exact) mass is 490 g/mol. The Balaban J connectivity index is 1.84. The van der Waals surface area contributed by atoms with E-state index in [4.69, 9.17) is 9.47 Å². The van der Waals surface area contributed by atoms with E-state index in [2.05, 4.69) is 20.6 Å². The van der Waals surface area contributed by atoms with E-state index in [9.17, 15) is 14.4 Å². The fourth-order valence-corrected chi connectivity index (χ4v) is 2.92. The molecule has 0 saturated heterocycles. The van der Waals surface area contributed by atoms with Crippen molar-refractivity contribution in [3.63, 3.8) is 0 Å². The van der Waals surface area contributed by atoms with Crippen LogP contribution in [0.15, 0.2) is 66.4 Å². The highest BCUT2D eigenvalue weighted by Gasteiger charge is 2.21. The van der Waals surface area contributed by atoms with Crippen LogP contribution in [0.5, 0.6) is 17.4 Å². The van der Waals surface area contributed by atoms with Gasteiger partial charge in [-0.2, -0.15) is 14.6 Å². The molecule has 0 spiro atoms. The summed E-state index contributed by atoms with van der Waals surface area (Å²) in [6, 6.07) is 15.5. The fourth-order valence-electron chi connectivity index (χ4n) is 2.92. The number of rotatable bonds is 9. The summed E-state index contributed by atoms with van der Waals surface area (Å²) in [5.74, 6) is -0.642. The Morgan fingerprint density at radius 1 is 1.19 bits per heavy atom. The number of hydrogen-bond donors (Lipinski definition) is 2. The van der Waals surface area contributed by atoms with Gasteiger partial charge in [-0.1, -0.05) is 18.2 Å². The standard InChI is InChI=1S/C26H27FN6O3/c1-26(2,33(3)4)14-17(15-28)23(34)30-18-11-12-22(35-5)21(13-18)31-25-29-16-20(27)24(32-25)36-19-9-7-6-8-10-19/h6-14,16H,1-5H3,(H,30,34)(H,29,31,32). The highest BCUT2D eigenvalue weighted by atomic mass is 19.1. The van der Waals surface area contributed by atoms with E-state index in [0.29, 0.717) is 22.9 Å². The van der Waals surface area contributed by atoms with Crippen LogP contribution in [0.2, 0.25) is 0 Å². The molecule has 186 valence electrons. The smallest absolute Gasteiger partial charge is 0.266 e. The number of benzene rings is 2. The van der Waals surface area contributed by atoms with Gasteiger partial charge in [0.25, 0.3) is 11.8 Å². The second-order valence-corrected chi connectivity index (χ2v) is 8.47. The maximum atomic E-state index is 14.2. The summed E-state index contributed by atoms with van der Waals surface area (Å²) < 4.78 is 25.1. The Morgan fingerprint density at radius 2 is 1.92 bits per heavy atom. The van der Waals surface area contributed by atoms with Crippen molar-refractivity contribution < 1.29 is 18.7 Å². The van der Waals surface area contributed by atoms with E-state index in [1.165, 1.54) is 7.11 Å². The van der Waals surface area contributed by atoms with Crippen LogP contribution in [0.4, 0.5) is 21.7 Å². The average Bonchev–Trinajstić information content (AvgIpc) is 2.85. The molecule has 0 aliphatic rings. The summed E-state index contributed by atoms with van der Waals surface area (Å²) in [6.07, 6.45) is 2.59. The minimum Gasteiger partial charge on any atom is -0.495 e. The van der Waals surface area contributed by atoms with Gasteiger partial charge >= 0.3 is 0 Å². The zero-order chi connectivity index (χ0) is 26.3. The van der Waals surface area contributed by atoms with Crippen molar-refractivity contribution in [1.82, 2.24) is 14.9 Å². The van der Waals surface area contributed by atoms with E-state index in [0.717, 1.165) is 6.20 Å². The first-order valence-electron chi connectivity index (χ1n) is 10.9. The quantitative estimate of drug-likeness (QED) is 0.322. The van der Waals surface area contributed by atoms with Crippen LogP contribution in [-0.4, -0.2) is 47.5 Å². The topological polar surface area (TPSA) is 112 Å². The number of nitrogens with zero attached hydrogens (tertiary/aromatic N) is 4. The number of para-hydroxylation sites is 1. The number of carbonyl (C=O) groups excluding carboxylic acids is 1. The Hall–Kier alpha value is -4.49. The molecule has 0 fully saturated rings. The molecule has 0 unspecified atom stereocenters. The Kier molecular flexibility index (Phi) is 8.19. The van der Waals surface area contributed by atoms with E-state index < -0.39 is 17.3 Å². The van der Waals surface area contributed by atoms with Crippen LogP contribution in [0, 0.1) is 17.1 Å². The molecule has 3 aromatic rings. The minimum atomic E-state index is -0.728. The van der Waals surface area contributed by atoms with E-state index in [1.807, 2.05) is 45.0 Å². The van der Waals surface area contributed by atoms with Gasteiger partial charge in [0.15, 0.2) is 0 Å². The lowest BCUT2D eigenvalue weighted by Gasteiger charge is -2.29. The van der Waals surface area contributed by atoms with Gasteiger partial charge in [-0.3, -0.25) is 4.79 Å². The largest absolute Gasteiger partial charge is 0.495 e. The molecule has 0 saturated carbocycles. The van der Waals surface area contributed by atoms with E-state index in [1.54, 1.807) is 48.5 Å². The first kappa shape index (κ1) is 26.1. The van der Waals surface area contributed by atoms with Gasteiger partial charge < -0.3 is 25.0 Å². The van der Waals surface area contributed by atoms with Crippen LogP contribution < -0.4 is 20.1 Å². The van der Waals surface area contributed by atoms with E-state index >= 15 is 0 Å². The van der Waals surface area contributed by atoms with Crippen LogP contribution in [0.1, 0.15) is 13.8 Å². The third-order valence-electron chi connectivity index (χ3n) is 5.39. The molecule has 2 aromatic carbocycles. The van der Waals surface area contributed by atoms with Crippen molar-refractivity contribution in [1.29, 1.82) is 5.26 Å². The zero-order valence-corrected chi connectivity index (χ0v) is 20.7. The summed E-state index contributed by atoms with van der Waals surface area (Å²) >= 11 is 0. The number of halogens is 1. The molecule has 0 bridgehead atoms. The average molecular weight is 491 g/mol. The molecule has 0 atom stereocenters. The van der Waals surface area contributed by atoms with E-state index in [-0.39, 0.29) is 17.4 Å². The van der Waals surface area contributed by atoms with Crippen molar-refractivity contribution in [2.24, 2.45) is 0 Å². The van der Waals surface area contributed by atoms with Crippen LogP contribution in [0.25, 0.3) is 0 Å². The number of carbonyl (C=O) groups is 1. The van der Waals surface area contributed by atoms with Gasteiger partial charge in [0.05, 0.1) is 19.0 Å². The summed E-state index contributed by atoms with van der Waals surface area (Å²) in [7, 11) is 5.20. The lowest BCUT2D eigenvalue weighted by molar-refractivity contribution is -0.112. The molecule has 9 nitrogen and oxygen atoms in total. The molecular formula is C26H27FN6O3. The Bertz CT molecular complexity index is 1300. The molecule has 1 aromatic heterocycles. The maximum Gasteiger partial charge on any atom is 0.266 e. The molecule has 0 aliphatic heterocycles. The third-order valence-corrected chi connectivity index (χ3v) is 5.39. The number of likely N-dealkylation sites (N-methyl/N-ethyl adjacent to an activating group) is 1. The third kappa shape index (κ3) is 6.55. The molecule has 2 N–H and O–H groups in total. The SMILES string of the molecule is COc1ccc(NC(=O)C(C#N)=CC(C)(C)N(C)C)cc1Nc1ncc(F)c(Oc2ccccc2)n1. The highest BCUT2D eigenvalue weighted by Crippen LogP contribution is 2.31. The fraction of sp³-hybridized carbons (Fsp3) is 0.231. The highest BCUT2D eigenvalue weighted by molar-refractivity contribution is 6.07. The van der Waals surface area contributed by atoms with Crippen molar-refractivity contribution in [3.8, 4) is 23.4 Å². The van der Waals surface area contributed by atoms with Crippen molar-refractivity contribution in [3.05, 3.63) is 72.2 Å². The van der Waals surface area contributed by atoms with Gasteiger partial charge in [0.1, 0.15) is 23.1 Å². The second-order valence-electron chi connectivity index (χ2n) is 8.47. The summed E-state index contributed by atoms with van der Waals surface area (Å²) in [4.78, 5) is 22.7. The molecule has 3 rings (SSSR count). The normalized spacial score (nSPS) is 11.6. The van der Waals surface area contributed by atoms with Gasteiger partial charge in [-0.25, -0.2) is 4.98 Å². The molecule has 0 radical (unpaired) electrons. The molecule has 1 heterocycles. The van der Waals surface area contributed by atoms with Crippen LogP contribution >= 0.6 is 0 Å². The molecule has 1 amide bonds. The van der Waals surface area contributed by atoms with Gasteiger partial charge in [-0.05, 0) is 64.4 Å². The number of anilines is 3. The summed E-state index contributed by atoms with van der Waals surface area (Å²) in [5.41, 5.74) is 0.274. The molecule has 36 heavy (non-hydrogen) atoms. The van der Waals surface area contributed by atoms with Crippen molar-refractivity contribution >= 4 is 23.2 Å². The number of methoxy groups -OCH3 is 1. The molecule has 0 aliphatic carbocycles. The predicted molar refractivity (Wildman–Crippen MR) is 135 cm³/mol. The number of amides is 1. The number of ether oxygens (including phenoxy) is 2. The lowest BCUT2D eigenvalue weighted by atomic mass is 10.00. The Labute approximate surface area is 209 Å². The second kappa shape index (κ2) is 11.3. The van der Waals surface area contributed by atoms with Gasteiger partial charge in [0, 0.05) is 11.2 Å². The van der Waals surface area contributed by atoms with Crippen LogP contribution in [-0.2, 0) is 4.79 Å². The molecular weight excluding hydrogens is 463 g/mol. The van der Waals surface area contributed by atoms with Crippen molar-refractivity contribution in [2.45, 2.75) is 19.4 Å². The van der Waals surface area contributed by atoms with Crippen molar-refractivity contribution in [2.75, 3.05) is 31.8 Å². The first-order chi connectivity index (χ1) is 17.1. The van der Waals surface area contributed by atoms with Gasteiger partial charge in [0.2, 0.25) is 11.8 Å². The Morgan fingerprint density at radius 3 is 2.56 bits per heavy atom. The summed E-state index contributed by atoms with van der Waals surface area (Å²) in [6.45, 7) is 3.79. The number of hydrogen-bond acceptors (Lipinski definition) is 8. The zero-order valence-electron chi connectivity index (χ0n) is 20.7.